The van der Waals surface area contributed by atoms with Crippen molar-refractivity contribution in [2.24, 2.45) is 0 Å². The molecule has 2 atom stereocenters. The lowest BCUT2D eigenvalue weighted by Gasteiger charge is -2.33. The Morgan fingerprint density at radius 1 is 1.19 bits per heavy atom. The highest BCUT2D eigenvalue weighted by molar-refractivity contribution is 4.86. The van der Waals surface area contributed by atoms with Crippen LogP contribution in [-0.4, -0.2) is 44.6 Å². The van der Waals surface area contributed by atoms with Crippen LogP contribution in [0.3, 0.4) is 0 Å². The first kappa shape index (κ1) is 13.9. The molecule has 2 unspecified atom stereocenters. The van der Waals surface area contributed by atoms with Gasteiger partial charge in [-0.1, -0.05) is 13.8 Å². The topological polar surface area (TPSA) is 33.3 Å². The summed E-state index contributed by atoms with van der Waals surface area (Å²) in [5.41, 5.74) is 0. The number of ether oxygens (including phenoxy) is 1. The van der Waals surface area contributed by atoms with Crippen molar-refractivity contribution in [2.75, 3.05) is 26.3 Å². The van der Waals surface area contributed by atoms with Crippen molar-refractivity contribution >= 4 is 0 Å². The standard InChI is InChI=1S/C10H19FN2O.C2H6/c11-9-7-12-4-1-10(9)13-8-2-5-14-6-3-8;1-2/h8-10,12-13H,1-7H2;1-2H3. The van der Waals surface area contributed by atoms with E-state index in [1.807, 2.05) is 13.8 Å². The molecule has 2 heterocycles. The van der Waals surface area contributed by atoms with Crippen LogP contribution in [-0.2, 0) is 4.74 Å². The molecule has 0 radical (unpaired) electrons. The fraction of sp³-hybridized carbons (Fsp3) is 1.00. The van der Waals surface area contributed by atoms with Gasteiger partial charge in [0.15, 0.2) is 0 Å². The Morgan fingerprint density at radius 2 is 1.88 bits per heavy atom. The molecule has 0 bridgehead atoms. The van der Waals surface area contributed by atoms with Gasteiger partial charge >= 0.3 is 0 Å². The average molecular weight is 232 g/mol. The molecule has 4 heteroatoms. The summed E-state index contributed by atoms with van der Waals surface area (Å²) >= 11 is 0. The largest absolute Gasteiger partial charge is 0.381 e. The number of hydrogen-bond acceptors (Lipinski definition) is 3. The van der Waals surface area contributed by atoms with E-state index < -0.39 is 6.17 Å². The molecule has 16 heavy (non-hydrogen) atoms. The van der Waals surface area contributed by atoms with Crippen LogP contribution in [0.4, 0.5) is 4.39 Å². The normalized spacial score (nSPS) is 31.7. The molecule has 2 aliphatic heterocycles. The molecule has 0 saturated carbocycles. The molecule has 96 valence electrons. The van der Waals surface area contributed by atoms with E-state index in [2.05, 4.69) is 10.6 Å². The summed E-state index contributed by atoms with van der Waals surface area (Å²) in [5.74, 6) is 0. The van der Waals surface area contributed by atoms with E-state index in [1.54, 1.807) is 0 Å². The second-order valence-corrected chi connectivity index (χ2v) is 4.17. The van der Waals surface area contributed by atoms with Crippen molar-refractivity contribution in [1.82, 2.24) is 10.6 Å². The van der Waals surface area contributed by atoms with Crippen molar-refractivity contribution in [3.63, 3.8) is 0 Å². The number of alkyl halides is 1. The zero-order chi connectivity index (χ0) is 11.8. The zero-order valence-electron chi connectivity index (χ0n) is 10.5. The van der Waals surface area contributed by atoms with Gasteiger partial charge in [0.1, 0.15) is 6.17 Å². The SMILES string of the molecule is CC.FC1CNCCC1NC1CCOCC1. The van der Waals surface area contributed by atoms with Gasteiger partial charge in [-0.25, -0.2) is 4.39 Å². The van der Waals surface area contributed by atoms with Gasteiger partial charge in [-0.3, -0.25) is 0 Å². The van der Waals surface area contributed by atoms with Crippen LogP contribution in [0.1, 0.15) is 33.1 Å². The van der Waals surface area contributed by atoms with Crippen LogP contribution < -0.4 is 10.6 Å². The molecular formula is C12H25FN2O. The minimum absolute atomic E-state index is 0.0550. The first-order valence-electron chi connectivity index (χ1n) is 6.55. The van der Waals surface area contributed by atoms with Crippen LogP contribution >= 0.6 is 0 Å². The summed E-state index contributed by atoms with van der Waals surface area (Å²) in [6.45, 7) is 7.07. The summed E-state index contributed by atoms with van der Waals surface area (Å²) in [7, 11) is 0. The maximum absolute atomic E-state index is 13.4. The summed E-state index contributed by atoms with van der Waals surface area (Å²) in [5, 5.41) is 6.47. The summed E-state index contributed by atoms with van der Waals surface area (Å²) < 4.78 is 18.7. The number of rotatable bonds is 2. The van der Waals surface area contributed by atoms with E-state index in [0.717, 1.165) is 39.0 Å². The van der Waals surface area contributed by atoms with E-state index in [9.17, 15) is 4.39 Å². The monoisotopic (exact) mass is 232 g/mol. The van der Waals surface area contributed by atoms with E-state index in [-0.39, 0.29) is 6.04 Å². The number of hydrogen-bond donors (Lipinski definition) is 2. The average Bonchev–Trinajstić information content (AvgIpc) is 2.36. The fourth-order valence-electron chi connectivity index (χ4n) is 2.18. The zero-order valence-corrected chi connectivity index (χ0v) is 10.5. The molecule has 2 rings (SSSR count). The Kier molecular flexibility index (Phi) is 6.92. The molecule has 0 spiro atoms. The van der Waals surface area contributed by atoms with Crippen LogP contribution in [0.2, 0.25) is 0 Å². The molecule has 2 N–H and O–H groups in total. The third-order valence-corrected chi connectivity index (χ3v) is 3.08. The van der Waals surface area contributed by atoms with Gasteiger partial charge in [-0.15, -0.1) is 0 Å². The Labute approximate surface area is 98.1 Å². The molecule has 0 aromatic carbocycles. The second-order valence-electron chi connectivity index (χ2n) is 4.17. The highest BCUT2D eigenvalue weighted by Crippen LogP contribution is 2.13. The van der Waals surface area contributed by atoms with Crippen molar-refractivity contribution in [2.45, 2.75) is 51.4 Å². The third-order valence-electron chi connectivity index (χ3n) is 3.08. The Hall–Kier alpha value is -0.190. The van der Waals surface area contributed by atoms with Crippen molar-refractivity contribution < 1.29 is 9.13 Å². The maximum atomic E-state index is 13.4. The summed E-state index contributed by atoms with van der Waals surface area (Å²) in [6.07, 6.45) is 2.22. The molecule has 0 aromatic heterocycles. The van der Waals surface area contributed by atoms with Crippen molar-refractivity contribution in [1.29, 1.82) is 0 Å². The van der Waals surface area contributed by atoms with Gasteiger partial charge in [-0.05, 0) is 25.8 Å². The molecule has 0 aromatic rings. The summed E-state index contributed by atoms with van der Waals surface area (Å²) in [4.78, 5) is 0. The molecule has 2 aliphatic rings. The van der Waals surface area contributed by atoms with Crippen LogP contribution in [0.5, 0.6) is 0 Å². The van der Waals surface area contributed by atoms with Gasteiger partial charge in [0, 0.05) is 31.8 Å². The van der Waals surface area contributed by atoms with Gasteiger partial charge in [0.2, 0.25) is 0 Å². The quantitative estimate of drug-likeness (QED) is 0.756. The first-order chi connectivity index (χ1) is 7.86. The first-order valence-corrected chi connectivity index (χ1v) is 6.55. The van der Waals surface area contributed by atoms with E-state index in [0.29, 0.717) is 12.6 Å². The van der Waals surface area contributed by atoms with E-state index >= 15 is 0 Å². The van der Waals surface area contributed by atoms with E-state index in [4.69, 9.17) is 4.74 Å². The maximum Gasteiger partial charge on any atom is 0.128 e. The highest BCUT2D eigenvalue weighted by Gasteiger charge is 2.27. The molecular weight excluding hydrogens is 207 g/mol. The van der Waals surface area contributed by atoms with Gasteiger partial charge in [0.25, 0.3) is 0 Å². The molecule has 2 saturated heterocycles. The minimum Gasteiger partial charge on any atom is -0.381 e. The number of nitrogens with one attached hydrogen (secondary N) is 2. The predicted octanol–water partition coefficient (Wildman–Crippen LogP) is 1.48. The van der Waals surface area contributed by atoms with Crippen molar-refractivity contribution in [3.05, 3.63) is 0 Å². The number of halogens is 1. The Morgan fingerprint density at radius 3 is 2.50 bits per heavy atom. The predicted molar refractivity (Wildman–Crippen MR) is 64.5 cm³/mol. The van der Waals surface area contributed by atoms with Crippen molar-refractivity contribution in [3.8, 4) is 0 Å². The summed E-state index contributed by atoms with van der Waals surface area (Å²) in [6, 6.07) is 0.518. The van der Waals surface area contributed by atoms with Crippen LogP contribution in [0, 0.1) is 0 Å². The number of piperidine rings is 1. The highest BCUT2D eigenvalue weighted by atomic mass is 19.1. The Balaban J connectivity index is 0.000000606. The third kappa shape index (κ3) is 4.36. The van der Waals surface area contributed by atoms with Gasteiger partial charge in [0.05, 0.1) is 0 Å². The lowest BCUT2D eigenvalue weighted by atomic mass is 10.0. The van der Waals surface area contributed by atoms with Crippen LogP contribution in [0.15, 0.2) is 0 Å². The lowest BCUT2D eigenvalue weighted by molar-refractivity contribution is 0.0675. The smallest absolute Gasteiger partial charge is 0.128 e. The van der Waals surface area contributed by atoms with Crippen LogP contribution in [0.25, 0.3) is 0 Å². The molecule has 3 nitrogen and oxygen atoms in total. The lowest BCUT2D eigenvalue weighted by Crippen LogP contribution is -2.53. The minimum atomic E-state index is -0.730. The fourth-order valence-corrected chi connectivity index (χ4v) is 2.18. The molecule has 0 amide bonds. The van der Waals surface area contributed by atoms with E-state index in [1.165, 1.54) is 0 Å². The molecule has 2 fully saturated rings. The molecule has 0 aliphatic carbocycles. The Bertz CT molecular complexity index is 174. The second kappa shape index (κ2) is 7.98. The van der Waals surface area contributed by atoms with Gasteiger partial charge < -0.3 is 15.4 Å². The van der Waals surface area contributed by atoms with Gasteiger partial charge in [-0.2, -0.15) is 0 Å².